The number of anilines is 1. The fraction of sp³-hybridized carbons (Fsp3) is 0.263. The Hall–Kier alpha value is -2.51. The number of nitrogens with one attached hydrogen (secondary N) is 1. The van der Waals surface area contributed by atoms with Crippen LogP contribution in [0.3, 0.4) is 0 Å². The zero-order chi connectivity index (χ0) is 17.3. The molecule has 1 aromatic carbocycles. The third kappa shape index (κ3) is 3.37. The Morgan fingerprint density at radius 2 is 2.17 bits per heavy atom. The first kappa shape index (κ1) is 16.4. The van der Waals surface area contributed by atoms with Crippen LogP contribution in [-0.4, -0.2) is 5.91 Å². The molecule has 4 nitrogen and oxygen atoms in total. The number of hydrogen-bond acceptors (Lipinski definition) is 3. The summed E-state index contributed by atoms with van der Waals surface area (Å²) in [5.41, 5.74) is 1.33. The third-order valence-electron chi connectivity index (χ3n) is 4.29. The van der Waals surface area contributed by atoms with Crippen molar-refractivity contribution in [3.8, 4) is 6.07 Å². The molecule has 0 unspecified atom stereocenters. The van der Waals surface area contributed by atoms with Crippen LogP contribution >= 0.6 is 11.6 Å². The van der Waals surface area contributed by atoms with Crippen LogP contribution < -0.4 is 5.32 Å². The van der Waals surface area contributed by atoms with E-state index in [4.69, 9.17) is 16.0 Å². The SMILES string of the molecule is Cc1c(Cl)cccc1NC(=O)/C(C#N)=C/c1ccc([C@H]2C[C@H]2C)o1. The number of nitriles is 1. The molecule has 0 radical (unpaired) electrons. The first-order valence-corrected chi connectivity index (χ1v) is 8.15. The minimum Gasteiger partial charge on any atom is -0.461 e. The fourth-order valence-electron chi connectivity index (χ4n) is 2.59. The maximum atomic E-state index is 12.3. The summed E-state index contributed by atoms with van der Waals surface area (Å²) in [7, 11) is 0. The minimum absolute atomic E-state index is 0.0147. The van der Waals surface area contributed by atoms with Gasteiger partial charge in [0.2, 0.25) is 0 Å². The molecule has 1 amide bonds. The molecule has 1 fully saturated rings. The summed E-state index contributed by atoms with van der Waals surface area (Å²) in [5.74, 6) is 2.04. The van der Waals surface area contributed by atoms with Gasteiger partial charge in [-0.05, 0) is 49.1 Å². The quantitative estimate of drug-likeness (QED) is 0.635. The Bertz CT molecular complexity index is 860. The van der Waals surface area contributed by atoms with E-state index in [-0.39, 0.29) is 5.57 Å². The Morgan fingerprint density at radius 3 is 2.83 bits per heavy atom. The highest BCUT2D eigenvalue weighted by Gasteiger charge is 2.36. The van der Waals surface area contributed by atoms with Gasteiger partial charge in [-0.25, -0.2) is 0 Å². The summed E-state index contributed by atoms with van der Waals surface area (Å²) in [6, 6.07) is 10.9. The summed E-state index contributed by atoms with van der Waals surface area (Å²) in [6.45, 7) is 3.98. The molecule has 0 bridgehead atoms. The molecular formula is C19H17ClN2O2. The van der Waals surface area contributed by atoms with Gasteiger partial charge in [-0.1, -0.05) is 24.6 Å². The first-order chi connectivity index (χ1) is 11.5. The van der Waals surface area contributed by atoms with Crippen molar-refractivity contribution in [2.24, 2.45) is 5.92 Å². The number of hydrogen-bond donors (Lipinski definition) is 1. The molecule has 24 heavy (non-hydrogen) atoms. The number of furan rings is 1. The topological polar surface area (TPSA) is 66.0 Å². The van der Waals surface area contributed by atoms with Crippen molar-refractivity contribution < 1.29 is 9.21 Å². The number of rotatable bonds is 4. The molecule has 1 aliphatic rings. The van der Waals surface area contributed by atoms with E-state index < -0.39 is 5.91 Å². The standard InChI is InChI=1S/C19H17ClN2O2/c1-11-8-15(11)18-7-6-14(24-18)9-13(10-21)19(23)22-17-5-3-4-16(20)12(17)2/h3-7,9,11,15H,8H2,1-2H3,(H,22,23)/b13-9+/t11-,15+/m1/s1. The van der Waals surface area contributed by atoms with Crippen LogP contribution in [0.1, 0.15) is 36.3 Å². The summed E-state index contributed by atoms with van der Waals surface area (Å²) in [4.78, 5) is 12.3. The van der Waals surface area contributed by atoms with E-state index in [0.29, 0.717) is 28.3 Å². The van der Waals surface area contributed by atoms with Crippen molar-refractivity contribution in [1.29, 1.82) is 5.26 Å². The molecule has 1 aliphatic carbocycles. The van der Waals surface area contributed by atoms with Crippen LogP contribution in [0.5, 0.6) is 0 Å². The van der Waals surface area contributed by atoms with Crippen molar-refractivity contribution in [2.75, 3.05) is 5.32 Å². The Morgan fingerprint density at radius 1 is 1.42 bits per heavy atom. The Labute approximate surface area is 145 Å². The van der Waals surface area contributed by atoms with Crippen LogP contribution in [0, 0.1) is 24.2 Å². The van der Waals surface area contributed by atoms with E-state index in [0.717, 1.165) is 17.7 Å². The van der Waals surface area contributed by atoms with Gasteiger partial charge in [-0.3, -0.25) is 4.79 Å². The number of benzene rings is 1. The van der Waals surface area contributed by atoms with Gasteiger partial charge >= 0.3 is 0 Å². The normalized spacial score (nSPS) is 19.7. The van der Waals surface area contributed by atoms with Crippen LogP contribution in [0.15, 0.2) is 40.3 Å². The van der Waals surface area contributed by atoms with Crippen LogP contribution in [0.2, 0.25) is 5.02 Å². The van der Waals surface area contributed by atoms with Crippen LogP contribution in [0.4, 0.5) is 5.69 Å². The first-order valence-electron chi connectivity index (χ1n) is 7.77. The number of carbonyl (C=O) groups is 1. The van der Waals surface area contributed by atoms with Gasteiger partial charge in [0.05, 0.1) is 0 Å². The monoisotopic (exact) mass is 340 g/mol. The van der Waals surface area contributed by atoms with Crippen molar-refractivity contribution in [2.45, 2.75) is 26.2 Å². The molecule has 2 atom stereocenters. The van der Waals surface area contributed by atoms with E-state index in [9.17, 15) is 10.1 Å². The zero-order valence-corrected chi connectivity index (χ0v) is 14.2. The lowest BCUT2D eigenvalue weighted by molar-refractivity contribution is -0.112. The fourth-order valence-corrected chi connectivity index (χ4v) is 2.76. The lowest BCUT2D eigenvalue weighted by atomic mass is 10.1. The largest absolute Gasteiger partial charge is 0.461 e. The van der Waals surface area contributed by atoms with Gasteiger partial charge in [-0.2, -0.15) is 5.26 Å². The Kier molecular flexibility index (Phi) is 4.46. The van der Waals surface area contributed by atoms with Gasteiger partial charge in [0, 0.05) is 22.7 Å². The molecule has 1 N–H and O–H groups in total. The molecule has 0 aliphatic heterocycles. The molecule has 1 heterocycles. The number of nitrogens with zero attached hydrogens (tertiary/aromatic N) is 1. The molecule has 0 saturated heterocycles. The maximum absolute atomic E-state index is 12.3. The summed E-state index contributed by atoms with van der Waals surface area (Å²) in [5, 5.41) is 12.6. The molecule has 0 spiro atoms. The highest BCUT2D eigenvalue weighted by molar-refractivity contribution is 6.31. The predicted molar refractivity (Wildman–Crippen MR) is 93.6 cm³/mol. The summed E-state index contributed by atoms with van der Waals surface area (Å²) < 4.78 is 5.72. The van der Waals surface area contributed by atoms with E-state index in [1.165, 1.54) is 6.08 Å². The van der Waals surface area contributed by atoms with Gasteiger partial charge in [0.15, 0.2) is 0 Å². The van der Waals surface area contributed by atoms with E-state index in [1.54, 1.807) is 24.3 Å². The van der Waals surface area contributed by atoms with Crippen molar-refractivity contribution in [3.05, 3.63) is 58.0 Å². The predicted octanol–water partition coefficient (Wildman–Crippen LogP) is 4.91. The molecule has 5 heteroatoms. The second-order valence-electron chi connectivity index (χ2n) is 6.10. The third-order valence-corrected chi connectivity index (χ3v) is 4.70. The maximum Gasteiger partial charge on any atom is 0.266 e. The summed E-state index contributed by atoms with van der Waals surface area (Å²) in [6.07, 6.45) is 2.59. The molecule has 3 rings (SSSR count). The molecule has 1 aromatic heterocycles. The number of carbonyl (C=O) groups excluding carboxylic acids is 1. The average molecular weight is 341 g/mol. The Balaban J connectivity index is 1.78. The van der Waals surface area contributed by atoms with Crippen molar-refractivity contribution in [3.63, 3.8) is 0 Å². The highest BCUT2D eigenvalue weighted by atomic mass is 35.5. The van der Waals surface area contributed by atoms with E-state index >= 15 is 0 Å². The second-order valence-corrected chi connectivity index (χ2v) is 6.50. The minimum atomic E-state index is -0.486. The van der Waals surface area contributed by atoms with Gasteiger partial charge in [0.1, 0.15) is 23.2 Å². The van der Waals surface area contributed by atoms with Gasteiger partial charge < -0.3 is 9.73 Å². The highest BCUT2D eigenvalue weighted by Crippen LogP contribution is 2.47. The van der Waals surface area contributed by atoms with Crippen molar-refractivity contribution >= 4 is 29.3 Å². The van der Waals surface area contributed by atoms with Crippen molar-refractivity contribution in [1.82, 2.24) is 0 Å². The molecule has 2 aromatic rings. The van der Waals surface area contributed by atoms with Gasteiger partial charge in [0.25, 0.3) is 5.91 Å². The van der Waals surface area contributed by atoms with E-state index in [1.807, 2.05) is 19.1 Å². The lowest BCUT2D eigenvalue weighted by Gasteiger charge is -2.08. The summed E-state index contributed by atoms with van der Waals surface area (Å²) >= 11 is 6.04. The molecule has 122 valence electrons. The van der Waals surface area contributed by atoms with Crippen LogP contribution in [-0.2, 0) is 4.79 Å². The molecule has 1 saturated carbocycles. The average Bonchev–Trinajstić information content (AvgIpc) is 3.10. The second kappa shape index (κ2) is 6.54. The van der Waals surface area contributed by atoms with E-state index in [2.05, 4.69) is 12.2 Å². The number of halogens is 1. The number of amides is 1. The van der Waals surface area contributed by atoms with Gasteiger partial charge in [-0.15, -0.1) is 0 Å². The molecular weight excluding hydrogens is 324 g/mol. The lowest BCUT2D eigenvalue weighted by Crippen LogP contribution is -2.14. The smallest absolute Gasteiger partial charge is 0.266 e. The zero-order valence-electron chi connectivity index (χ0n) is 13.5. The van der Waals surface area contributed by atoms with Crippen LogP contribution in [0.25, 0.3) is 6.08 Å².